The Hall–Kier alpha value is -1.52. The van der Waals surface area contributed by atoms with Crippen LogP contribution in [0.3, 0.4) is 0 Å². The lowest BCUT2D eigenvalue weighted by Gasteiger charge is -2.15. The van der Waals surface area contributed by atoms with Crippen LogP contribution < -0.4 is 0 Å². The van der Waals surface area contributed by atoms with Gasteiger partial charge in [-0.15, -0.1) is 0 Å². The first-order chi connectivity index (χ1) is 8.36. The smallest absolute Gasteiger partial charge is 0.417 e. The van der Waals surface area contributed by atoms with Crippen LogP contribution in [-0.4, -0.2) is 12.1 Å². The molecule has 0 aromatic heterocycles. The molecular formula is C13H15F3O2. The van der Waals surface area contributed by atoms with E-state index in [1.165, 1.54) is 12.1 Å². The van der Waals surface area contributed by atoms with Crippen molar-refractivity contribution in [2.24, 2.45) is 0 Å². The van der Waals surface area contributed by atoms with Crippen molar-refractivity contribution in [3.05, 3.63) is 35.4 Å². The van der Waals surface area contributed by atoms with E-state index in [1.807, 2.05) is 6.92 Å². The van der Waals surface area contributed by atoms with E-state index in [1.54, 1.807) is 6.92 Å². The summed E-state index contributed by atoms with van der Waals surface area (Å²) >= 11 is 0. The van der Waals surface area contributed by atoms with Crippen molar-refractivity contribution in [2.45, 2.75) is 39.0 Å². The molecule has 0 saturated heterocycles. The molecule has 0 spiro atoms. The van der Waals surface area contributed by atoms with Crippen LogP contribution in [0.1, 0.15) is 42.6 Å². The highest BCUT2D eigenvalue weighted by atomic mass is 19.4. The van der Waals surface area contributed by atoms with Crippen molar-refractivity contribution in [2.75, 3.05) is 0 Å². The first kappa shape index (κ1) is 14.5. The molecular weight excluding hydrogens is 245 g/mol. The molecule has 0 fully saturated rings. The molecule has 0 aliphatic heterocycles. The standard InChI is InChI=1S/C13H15F3O2/c1-3-6-9(2)18-12(17)10-7-4-5-8-11(10)13(14,15)16/h4-5,7-9H,3,6H2,1-2H3. The van der Waals surface area contributed by atoms with Gasteiger partial charge in [-0.05, 0) is 25.5 Å². The van der Waals surface area contributed by atoms with Crippen molar-refractivity contribution in [1.82, 2.24) is 0 Å². The average Bonchev–Trinajstić information content (AvgIpc) is 2.28. The Morgan fingerprint density at radius 2 is 1.94 bits per heavy atom. The van der Waals surface area contributed by atoms with Crippen LogP contribution in [0.2, 0.25) is 0 Å². The van der Waals surface area contributed by atoms with Gasteiger partial charge >= 0.3 is 12.1 Å². The van der Waals surface area contributed by atoms with E-state index in [0.29, 0.717) is 6.42 Å². The lowest BCUT2D eigenvalue weighted by atomic mass is 10.1. The minimum absolute atomic E-state index is 0.385. The number of ether oxygens (including phenoxy) is 1. The Kier molecular flexibility index (Phi) is 4.76. The molecule has 100 valence electrons. The van der Waals surface area contributed by atoms with Crippen molar-refractivity contribution in [3.8, 4) is 0 Å². The summed E-state index contributed by atoms with van der Waals surface area (Å²) in [6.45, 7) is 3.57. The molecule has 0 saturated carbocycles. The maximum Gasteiger partial charge on any atom is 0.417 e. The van der Waals surface area contributed by atoms with Crippen molar-refractivity contribution >= 4 is 5.97 Å². The van der Waals surface area contributed by atoms with Gasteiger partial charge < -0.3 is 4.74 Å². The second kappa shape index (κ2) is 5.89. The summed E-state index contributed by atoms with van der Waals surface area (Å²) in [5.74, 6) is -0.927. The van der Waals surface area contributed by atoms with Gasteiger partial charge in [0.05, 0.1) is 17.2 Å². The topological polar surface area (TPSA) is 26.3 Å². The number of hydrogen-bond acceptors (Lipinski definition) is 2. The van der Waals surface area contributed by atoms with E-state index in [4.69, 9.17) is 4.74 Å². The predicted molar refractivity (Wildman–Crippen MR) is 61.2 cm³/mol. The van der Waals surface area contributed by atoms with Crippen LogP contribution in [0.5, 0.6) is 0 Å². The Balaban J connectivity index is 2.93. The molecule has 0 aliphatic carbocycles. The van der Waals surface area contributed by atoms with Crippen LogP contribution in [0.4, 0.5) is 13.2 Å². The Morgan fingerprint density at radius 3 is 2.50 bits per heavy atom. The molecule has 5 heteroatoms. The summed E-state index contributed by atoms with van der Waals surface area (Å²) in [7, 11) is 0. The van der Waals surface area contributed by atoms with Crippen molar-refractivity contribution in [3.63, 3.8) is 0 Å². The molecule has 0 N–H and O–H groups in total. The van der Waals surface area contributed by atoms with E-state index in [9.17, 15) is 18.0 Å². The minimum Gasteiger partial charge on any atom is -0.459 e. The number of alkyl halides is 3. The van der Waals surface area contributed by atoms with Gasteiger partial charge in [0.25, 0.3) is 0 Å². The van der Waals surface area contributed by atoms with Crippen molar-refractivity contribution in [1.29, 1.82) is 0 Å². The summed E-state index contributed by atoms with van der Waals surface area (Å²) in [6, 6.07) is 4.64. The highest BCUT2D eigenvalue weighted by Crippen LogP contribution is 2.32. The number of hydrogen-bond donors (Lipinski definition) is 0. The highest BCUT2D eigenvalue weighted by molar-refractivity contribution is 5.91. The van der Waals surface area contributed by atoms with E-state index in [2.05, 4.69) is 0 Å². The lowest BCUT2D eigenvalue weighted by Crippen LogP contribution is -2.19. The van der Waals surface area contributed by atoms with Gasteiger partial charge in [0.2, 0.25) is 0 Å². The van der Waals surface area contributed by atoms with Gasteiger partial charge in [0, 0.05) is 0 Å². The summed E-state index contributed by atoms with van der Waals surface area (Å²) < 4.78 is 43.0. The third-order valence-electron chi connectivity index (χ3n) is 2.46. The maximum absolute atomic E-state index is 12.7. The Labute approximate surface area is 104 Å². The third-order valence-corrected chi connectivity index (χ3v) is 2.46. The quantitative estimate of drug-likeness (QED) is 0.763. The molecule has 0 heterocycles. The van der Waals surface area contributed by atoms with Crippen molar-refractivity contribution < 1.29 is 22.7 Å². The van der Waals surface area contributed by atoms with Gasteiger partial charge in [-0.2, -0.15) is 13.2 Å². The number of carbonyl (C=O) groups is 1. The van der Waals surface area contributed by atoms with Crippen LogP contribution in [0.15, 0.2) is 24.3 Å². The molecule has 1 atom stereocenters. The predicted octanol–water partition coefficient (Wildman–Crippen LogP) is 4.05. The van der Waals surface area contributed by atoms with Gasteiger partial charge in [0.1, 0.15) is 0 Å². The molecule has 1 aromatic rings. The molecule has 0 radical (unpaired) electrons. The van der Waals surface area contributed by atoms with Gasteiger partial charge in [-0.3, -0.25) is 0 Å². The Morgan fingerprint density at radius 1 is 1.33 bits per heavy atom. The van der Waals surface area contributed by atoms with Gasteiger partial charge in [0.15, 0.2) is 0 Å². The van der Waals surface area contributed by atoms with Crippen LogP contribution in [-0.2, 0) is 10.9 Å². The number of halogens is 3. The zero-order chi connectivity index (χ0) is 13.8. The molecule has 0 aliphatic rings. The average molecular weight is 260 g/mol. The van der Waals surface area contributed by atoms with E-state index in [-0.39, 0.29) is 6.10 Å². The van der Waals surface area contributed by atoms with Crippen LogP contribution in [0.25, 0.3) is 0 Å². The van der Waals surface area contributed by atoms with E-state index >= 15 is 0 Å². The summed E-state index contributed by atoms with van der Waals surface area (Å²) in [5.41, 5.74) is -1.40. The third kappa shape index (κ3) is 3.75. The largest absolute Gasteiger partial charge is 0.459 e. The molecule has 1 unspecified atom stereocenters. The Bertz CT molecular complexity index is 413. The van der Waals surface area contributed by atoms with Gasteiger partial charge in [-0.1, -0.05) is 25.5 Å². The summed E-state index contributed by atoms with van der Waals surface area (Å²) in [6.07, 6.45) is -3.51. The fraction of sp³-hybridized carbons (Fsp3) is 0.462. The fourth-order valence-electron chi connectivity index (χ4n) is 1.62. The molecule has 1 aromatic carbocycles. The fourth-order valence-corrected chi connectivity index (χ4v) is 1.62. The zero-order valence-electron chi connectivity index (χ0n) is 10.3. The first-order valence-corrected chi connectivity index (χ1v) is 5.73. The second-order valence-electron chi connectivity index (χ2n) is 4.05. The molecule has 1 rings (SSSR count). The molecule has 0 bridgehead atoms. The molecule has 2 nitrogen and oxygen atoms in total. The SMILES string of the molecule is CCCC(C)OC(=O)c1ccccc1C(F)(F)F. The number of esters is 1. The first-order valence-electron chi connectivity index (χ1n) is 5.73. The van der Waals surface area contributed by atoms with E-state index in [0.717, 1.165) is 18.6 Å². The molecule has 0 amide bonds. The molecule has 18 heavy (non-hydrogen) atoms. The number of benzene rings is 1. The normalized spacial score (nSPS) is 13.2. The van der Waals surface area contributed by atoms with Gasteiger partial charge in [-0.25, -0.2) is 4.79 Å². The van der Waals surface area contributed by atoms with E-state index < -0.39 is 23.3 Å². The maximum atomic E-state index is 12.7. The summed E-state index contributed by atoms with van der Waals surface area (Å²) in [5, 5.41) is 0. The highest BCUT2D eigenvalue weighted by Gasteiger charge is 2.35. The summed E-state index contributed by atoms with van der Waals surface area (Å²) in [4.78, 5) is 11.7. The number of rotatable bonds is 4. The number of carbonyl (C=O) groups excluding carboxylic acids is 1. The minimum atomic E-state index is -4.55. The van der Waals surface area contributed by atoms with Crippen LogP contribution in [0, 0.1) is 0 Å². The zero-order valence-corrected chi connectivity index (χ0v) is 10.3. The van der Waals surface area contributed by atoms with Crippen LogP contribution >= 0.6 is 0 Å². The monoisotopic (exact) mass is 260 g/mol. The second-order valence-corrected chi connectivity index (χ2v) is 4.05. The lowest BCUT2D eigenvalue weighted by molar-refractivity contribution is -0.138.